The minimum Gasteiger partial charge on any atom is -0.480 e. The first-order valence-corrected chi connectivity index (χ1v) is 7.94. The van der Waals surface area contributed by atoms with Crippen LogP contribution in [0.15, 0.2) is 30.5 Å². The molecule has 0 fully saturated rings. The fourth-order valence-corrected chi connectivity index (χ4v) is 2.58. The van der Waals surface area contributed by atoms with Crippen molar-refractivity contribution in [1.29, 1.82) is 0 Å². The van der Waals surface area contributed by atoms with E-state index in [0.29, 0.717) is 6.54 Å². The summed E-state index contributed by atoms with van der Waals surface area (Å²) in [5.74, 6) is 1.46. The van der Waals surface area contributed by atoms with Gasteiger partial charge in [-0.1, -0.05) is 24.1 Å². The highest BCUT2D eigenvalue weighted by atomic mass is 16.6. The van der Waals surface area contributed by atoms with Crippen LogP contribution in [-0.2, 0) is 22.5 Å². The zero-order chi connectivity index (χ0) is 18.6. The maximum absolute atomic E-state index is 11.9. The van der Waals surface area contributed by atoms with Gasteiger partial charge in [0.1, 0.15) is 11.6 Å². The van der Waals surface area contributed by atoms with Crippen molar-refractivity contribution >= 4 is 23.0 Å². The number of alkyl carbamates (subject to hydrolysis) is 1. The van der Waals surface area contributed by atoms with Gasteiger partial charge in [-0.05, 0) is 32.4 Å². The van der Waals surface area contributed by atoms with Crippen LogP contribution in [0.3, 0.4) is 0 Å². The van der Waals surface area contributed by atoms with Crippen LogP contribution in [-0.4, -0.2) is 33.4 Å². The molecule has 0 aliphatic rings. The number of aromatic nitrogens is 1. The molecular formula is C19H22N2O4. The van der Waals surface area contributed by atoms with Crippen LogP contribution >= 0.6 is 0 Å². The van der Waals surface area contributed by atoms with Crippen LogP contribution in [0, 0.1) is 12.3 Å². The lowest BCUT2D eigenvalue weighted by Crippen LogP contribution is -2.44. The Morgan fingerprint density at radius 1 is 1.36 bits per heavy atom. The molecule has 1 atom stereocenters. The first-order valence-electron chi connectivity index (χ1n) is 7.94. The van der Waals surface area contributed by atoms with Gasteiger partial charge < -0.3 is 19.7 Å². The molecule has 2 N–H and O–H groups in total. The fourth-order valence-electron chi connectivity index (χ4n) is 2.58. The summed E-state index contributed by atoms with van der Waals surface area (Å²) >= 11 is 0. The molecule has 0 saturated carbocycles. The smallest absolute Gasteiger partial charge is 0.408 e. The monoisotopic (exact) mass is 342 g/mol. The molecule has 2 aromatic rings. The van der Waals surface area contributed by atoms with E-state index in [-0.39, 0.29) is 6.42 Å². The Morgan fingerprint density at radius 3 is 2.64 bits per heavy atom. The molecule has 0 unspecified atom stereocenters. The Balaban J connectivity index is 2.26. The summed E-state index contributed by atoms with van der Waals surface area (Å²) in [6, 6.07) is 6.51. The number of para-hydroxylation sites is 1. The van der Waals surface area contributed by atoms with Crippen molar-refractivity contribution in [3.8, 4) is 12.3 Å². The predicted molar refractivity (Wildman–Crippen MR) is 95.3 cm³/mol. The number of aliphatic carboxylic acids is 1. The second kappa shape index (κ2) is 7.31. The number of rotatable bonds is 5. The van der Waals surface area contributed by atoms with Crippen LogP contribution < -0.4 is 5.32 Å². The van der Waals surface area contributed by atoms with E-state index < -0.39 is 23.7 Å². The number of amides is 1. The van der Waals surface area contributed by atoms with Gasteiger partial charge in [-0.3, -0.25) is 0 Å². The highest BCUT2D eigenvalue weighted by molar-refractivity contribution is 5.86. The molecule has 0 aliphatic carbocycles. The second-order valence-corrected chi connectivity index (χ2v) is 6.74. The Bertz CT molecular complexity index is 824. The number of ether oxygens (including phenoxy) is 1. The summed E-state index contributed by atoms with van der Waals surface area (Å²) in [6.45, 7) is 5.54. The van der Waals surface area contributed by atoms with Crippen molar-refractivity contribution in [3.05, 3.63) is 36.0 Å². The molecule has 0 saturated heterocycles. The molecule has 132 valence electrons. The number of carbonyl (C=O) groups is 2. The number of fused-ring (bicyclic) bond motifs is 1. The summed E-state index contributed by atoms with van der Waals surface area (Å²) in [5.41, 5.74) is 1.03. The Kier molecular flexibility index (Phi) is 5.38. The SMILES string of the molecule is C#CCn1cc(C[C@H](NC(=O)OC(C)(C)C)C(=O)O)c2ccccc21. The summed E-state index contributed by atoms with van der Waals surface area (Å²) in [4.78, 5) is 23.5. The van der Waals surface area contributed by atoms with Crippen molar-refractivity contribution in [2.45, 2.75) is 45.4 Å². The van der Waals surface area contributed by atoms with Crippen LogP contribution in [0.4, 0.5) is 4.79 Å². The molecular weight excluding hydrogens is 320 g/mol. The van der Waals surface area contributed by atoms with E-state index in [9.17, 15) is 14.7 Å². The van der Waals surface area contributed by atoms with Gasteiger partial charge in [0.25, 0.3) is 0 Å². The molecule has 2 rings (SSSR count). The summed E-state index contributed by atoms with van der Waals surface area (Å²) in [5, 5.41) is 12.8. The third kappa shape index (κ3) is 4.77. The summed E-state index contributed by atoms with van der Waals surface area (Å²) < 4.78 is 7.03. The Labute approximate surface area is 146 Å². The topological polar surface area (TPSA) is 80.6 Å². The summed E-state index contributed by atoms with van der Waals surface area (Å²) in [6.07, 6.45) is 6.60. The predicted octanol–water partition coefficient (Wildman–Crippen LogP) is 2.79. The average Bonchev–Trinajstić information content (AvgIpc) is 2.83. The number of hydrogen-bond acceptors (Lipinski definition) is 3. The van der Waals surface area contributed by atoms with Crippen LogP contribution in [0.25, 0.3) is 10.9 Å². The Hall–Kier alpha value is -2.94. The third-order valence-electron chi connectivity index (χ3n) is 3.55. The van der Waals surface area contributed by atoms with Crippen LogP contribution in [0.2, 0.25) is 0 Å². The van der Waals surface area contributed by atoms with E-state index in [1.54, 1.807) is 20.8 Å². The van der Waals surface area contributed by atoms with Crippen molar-refractivity contribution in [1.82, 2.24) is 9.88 Å². The molecule has 1 amide bonds. The van der Waals surface area contributed by atoms with Crippen molar-refractivity contribution in [2.24, 2.45) is 0 Å². The molecule has 0 radical (unpaired) electrons. The zero-order valence-corrected chi connectivity index (χ0v) is 14.6. The van der Waals surface area contributed by atoms with Crippen molar-refractivity contribution < 1.29 is 19.4 Å². The molecule has 25 heavy (non-hydrogen) atoms. The number of carboxylic acids is 1. The highest BCUT2D eigenvalue weighted by Gasteiger charge is 2.25. The van der Waals surface area contributed by atoms with Gasteiger partial charge >= 0.3 is 12.1 Å². The number of terminal acetylenes is 1. The quantitative estimate of drug-likeness (QED) is 0.819. The van der Waals surface area contributed by atoms with Crippen molar-refractivity contribution in [3.63, 3.8) is 0 Å². The van der Waals surface area contributed by atoms with Crippen molar-refractivity contribution in [2.75, 3.05) is 0 Å². The number of nitrogens with zero attached hydrogens (tertiary/aromatic N) is 1. The van der Waals surface area contributed by atoms with Gasteiger partial charge in [0, 0.05) is 23.5 Å². The number of nitrogens with one attached hydrogen (secondary N) is 1. The number of carbonyl (C=O) groups excluding carboxylic acids is 1. The summed E-state index contributed by atoms with van der Waals surface area (Å²) in [7, 11) is 0. The normalized spacial score (nSPS) is 12.4. The van der Waals surface area contributed by atoms with E-state index >= 15 is 0 Å². The molecule has 0 spiro atoms. The van der Waals surface area contributed by atoms with Gasteiger partial charge in [-0.2, -0.15) is 0 Å². The van der Waals surface area contributed by atoms with E-state index in [0.717, 1.165) is 16.5 Å². The van der Waals surface area contributed by atoms with Crippen LogP contribution in [0.1, 0.15) is 26.3 Å². The lowest BCUT2D eigenvalue weighted by molar-refractivity contribution is -0.139. The van der Waals surface area contributed by atoms with Gasteiger partial charge in [0.15, 0.2) is 0 Å². The van der Waals surface area contributed by atoms with E-state index in [1.807, 2.05) is 35.0 Å². The molecule has 0 aliphatic heterocycles. The van der Waals surface area contributed by atoms with Gasteiger partial charge in [0.2, 0.25) is 0 Å². The Morgan fingerprint density at radius 2 is 2.04 bits per heavy atom. The molecule has 1 aromatic carbocycles. The number of benzene rings is 1. The molecule has 1 aromatic heterocycles. The van der Waals surface area contributed by atoms with E-state index in [4.69, 9.17) is 11.2 Å². The first-order chi connectivity index (χ1) is 11.7. The van der Waals surface area contributed by atoms with Gasteiger partial charge in [-0.25, -0.2) is 9.59 Å². The maximum Gasteiger partial charge on any atom is 0.408 e. The van der Waals surface area contributed by atoms with Crippen LogP contribution in [0.5, 0.6) is 0 Å². The maximum atomic E-state index is 11.9. The second-order valence-electron chi connectivity index (χ2n) is 6.74. The van der Waals surface area contributed by atoms with E-state index in [2.05, 4.69) is 11.2 Å². The molecule has 1 heterocycles. The minimum absolute atomic E-state index is 0.132. The first kappa shape index (κ1) is 18.4. The molecule has 0 bridgehead atoms. The number of carboxylic acid groups (broad SMARTS) is 1. The number of hydrogen-bond donors (Lipinski definition) is 2. The molecule has 6 heteroatoms. The lowest BCUT2D eigenvalue weighted by atomic mass is 10.1. The van der Waals surface area contributed by atoms with E-state index in [1.165, 1.54) is 0 Å². The van der Waals surface area contributed by atoms with Gasteiger partial charge in [0.05, 0.1) is 6.54 Å². The average molecular weight is 342 g/mol. The molecule has 6 nitrogen and oxygen atoms in total. The lowest BCUT2D eigenvalue weighted by Gasteiger charge is -2.22. The fraction of sp³-hybridized carbons (Fsp3) is 0.368. The highest BCUT2D eigenvalue weighted by Crippen LogP contribution is 2.22. The third-order valence-corrected chi connectivity index (χ3v) is 3.55. The zero-order valence-electron chi connectivity index (χ0n) is 14.6. The standard InChI is InChI=1S/C19H22N2O4/c1-5-10-21-12-13(14-8-6-7-9-16(14)21)11-15(17(22)23)20-18(24)25-19(2,3)4/h1,6-9,12,15H,10-11H2,2-4H3,(H,20,24)(H,22,23)/t15-/m0/s1. The largest absolute Gasteiger partial charge is 0.480 e. The minimum atomic E-state index is -1.13. The van der Waals surface area contributed by atoms with Gasteiger partial charge in [-0.15, -0.1) is 6.42 Å².